The maximum Gasteiger partial charge on any atom is 0.249 e. The summed E-state index contributed by atoms with van der Waals surface area (Å²) in [6, 6.07) is 3.40. The fourth-order valence-corrected chi connectivity index (χ4v) is 1.83. The van der Waals surface area contributed by atoms with Gasteiger partial charge >= 0.3 is 0 Å². The molecule has 102 valence electrons. The van der Waals surface area contributed by atoms with E-state index in [4.69, 9.17) is 14.2 Å². The van der Waals surface area contributed by atoms with E-state index >= 15 is 0 Å². The average molecular weight is 265 g/mol. The van der Waals surface area contributed by atoms with Crippen molar-refractivity contribution >= 4 is 6.08 Å². The number of methoxy groups -OCH3 is 1. The maximum atomic E-state index is 11.0. The second kappa shape index (κ2) is 5.17. The van der Waals surface area contributed by atoms with Gasteiger partial charge in [-0.3, -0.25) is 10.1 Å². The average Bonchev–Trinajstić information content (AvgIpc) is 2.82. The van der Waals surface area contributed by atoms with Crippen LogP contribution in [0.25, 0.3) is 6.08 Å². The van der Waals surface area contributed by atoms with Gasteiger partial charge in [0.25, 0.3) is 0 Å². The minimum Gasteiger partial charge on any atom is -0.493 e. The second-order valence-corrected chi connectivity index (χ2v) is 4.44. The van der Waals surface area contributed by atoms with Crippen LogP contribution in [0.1, 0.15) is 19.4 Å². The zero-order valence-corrected chi connectivity index (χ0v) is 11.0. The molecular weight excluding hydrogens is 250 g/mol. The molecule has 1 aliphatic rings. The van der Waals surface area contributed by atoms with Crippen LogP contribution in [-0.4, -0.2) is 18.8 Å². The van der Waals surface area contributed by atoms with Crippen LogP contribution in [0.4, 0.5) is 0 Å². The number of rotatable bonds is 4. The highest BCUT2D eigenvalue weighted by molar-refractivity contribution is 5.63. The van der Waals surface area contributed by atoms with Gasteiger partial charge in [0.2, 0.25) is 18.2 Å². The Bertz CT molecular complexity index is 536. The topological polar surface area (TPSA) is 70.8 Å². The first-order valence-corrected chi connectivity index (χ1v) is 5.86. The van der Waals surface area contributed by atoms with E-state index in [1.807, 2.05) is 0 Å². The van der Waals surface area contributed by atoms with E-state index in [9.17, 15) is 10.1 Å². The van der Waals surface area contributed by atoms with Crippen LogP contribution in [0.15, 0.2) is 17.8 Å². The van der Waals surface area contributed by atoms with Crippen molar-refractivity contribution in [2.24, 2.45) is 5.92 Å². The zero-order valence-electron chi connectivity index (χ0n) is 11.0. The van der Waals surface area contributed by atoms with Crippen LogP contribution >= 0.6 is 0 Å². The fraction of sp³-hybridized carbons (Fsp3) is 0.385. The smallest absolute Gasteiger partial charge is 0.249 e. The molecule has 0 bridgehead atoms. The monoisotopic (exact) mass is 265 g/mol. The molecule has 0 spiro atoms. The molecule has 1 aromatic carbocycles. The van der Waals surface area contributed by atoms with Gasteiger partial charge < -0.3 is 14.2 Å². The summed E-state index contributed by atoms with van der Waals surface area (Å²) in [7, 11) is 1.52. The number of nitro groups is 1. The van der Waals surface area contributed by atoms with Crippen LogP contribution in [0.3, 0.4) is 0 Å². The number of allylic oxidation sites excluding steroid dienone is 1. The first-order chi connectivity index (χ1) is 9.02. The van der Waals surface area contributed by atoms with E-state index < -0.39 is 0 Å². The Labute approximate surface area is 110 Å². The number of benzene rings is 1. The van der Waals surface area contributed by atoms with Gasteiger partial charge in [0.15, 0.2) is 11.5 Å². The largest absolute Gasteiger partial charge is 0.493 e. The van der Waals surface area contributed by atoms with Crippen LogP contribution in [0, 0.1) is 16.0 Å². The molecule has 1 aromatic rings. The van der Waals surface area contributed by atoms with Crippen LogP contribution in [0.2, 0.25) is 0 Å². The van der Waals surface area contributed by atoms with Crippen molar-refractivity contribution in [2.75, 3.05) is 13.9 Å². The molecule has 6 heteroatoms. The standard InChI is InChI=1S/C13H15NO5/c1-8(2)10(14(15)16)4-9-5-11(17-3)13-12(6-9)18-7-19-13/h4-6,8H,7H2,1-3H3/b10-4-. The number of hydrogen-bond acceptors (Lipinski definition) is 5. The van der Waals surface area contributed by atoms with E-state index in [2.05, 4.69) is 0 Å². The zero-order chi connectivity index (χ0) is 14.0. The minimum absolute atomic E-state index is 0.130. The molecule has 0 saturated heterocycles. The van der Waals surface area contributed by atoms with Crippen molar-refractivity contribution in [3.8, 4) is 17.2 Å². The predicted octanol–water partition coefficient (Wildman–Crippen LogP) is 2.70. The lowest BCUT2D eigenvalue weighted by atomic mass is 10.1. The Kier molecular flexibility index (Phi) is 3.59. The predicted molar refractivity (Wildman–Crippen MR) is 68.9 cm³/mol. The van der Waals surface area contributed by atoms with Gasteiger partial charge in [-0.2, -0.15) is 0 Å². The summed E-state index contributed by atoms with van der Waals surface area (Å²) in [5.74, 6) is 1.41. The van der Waals surface area contributed by atoms with E-state index in [0.29, 0.717) is 22.8 Å². The minimum atomic E-state index is -0.373. The summed E-state index contributed by atoms with van der Waals surface area (Å²) in [6.07, 6.45) is 1.52. The molecule has 0 N–H and O–H groups in total. The van der Waals surface area contributed by atoms with E-state index in [1.165, 1.54) is 13.2 Å². The molecule has 0 aromatic heterocycles. The molecule has 0 unspecified atom stereocenters. The number of hydrogen-bond donors (Lipinski definition) is 0. The van der Waals surface area contributed by atoms with Gasteiger partial charge in [-0.05, 0) is 17.7 Å². The molecule has 1 heterocycles. The van der Waals surface area contributed by atoms with Gasteiger partial charge in [0.1, 0.15) is 0 Å². The Morgan fingerprint density at radius 3 is 2.79 bits per heavy atom. The summed E-state index contributed by atoms with van der Waals surface area (Å²) in [4.78, 5) is 10.6. The number of nitrogens with zero attached hydrogens (tertiary/aromatic N) is 1. The normalized spacial score (nSPS) is 13.8. The lowest BCUT2D eigenvalue weighted by Crippen LogP contribution is -2.05. The Hall–Kier alpha value is -2.24. The molecule has 1 aliphatic heterocycles. The van der Waals surface area contributed by atoms with Crippen LogP contribution in [0.5, 0.6) is 17.2 Å². The first kappa shape index (κ1) is 13.2. The van der Waals surface area contributed by atoms with Crippen molar-refractivity contribution < 1.29 is 19.1 Å². The Balaban J connectivity index is 2.46. The van der Waals surface area contributed by atoms with Crippen LogP contribution in [-0.2, 0) is 0 Å². The van der Waals surface area contributed by atoms with Gasteiger partial charge in [-0.25, -0.2) is 0 Å². The summed E-state index contributed by atoms with van der Waals surface area (Å²) < 4.78 is 15.8. The van der Waals surface area contributed by atoms with Crippen molar-refractivity contribution in [3.63, 3.8) is 0 Å². The van der Waals surface area contributed by atoms with E-state index in [-0.39, 0.29) is 23.3 Å². The summed E-state index contributed by atoms with van der Waals surface area (Å²) in [6.45, 7) is 3.68. The molecule has 19 heavy (non-hydrogen) atoms. The molecule has 0 saturated carbocycles. The highest BCUT2D eigenvalue weighted by Gasteiger charge is 2.21. The third-order valence-electron chi connectivity index (χ3n) is 2.80. The first-order valence-electron chi connectivity index (χ1n) is 5.86. The lowest BCUT2D eigenvalue weighted by molar-refractivity contribution is -0.431. The molecule has 0 amide bonds. The highest BCUT2D eigenvalue weighted by atomic mass is 16.7. The number of ether oxygens (including phenoxy) is 3. The molecule has 0 radical (unpaired) electrons. The van der Waals surface area contributed by atoms with Crippen molar-refractivity contribution in [1.82, 2.24) is 0 Å². The highest BCUT2D eigenvalue weighted by Crippen LogP contribution is 2.42. The summed E-state index contributed by atoms with van der Waals surface area (Å²) >= 11 is 0. The molecule has 6 nitrogen and oxygen atoms in total. The summed E-state index contributed by atoms with van der Waals surface area (Å²) in [5.41, 5.74) is 0.794. The second-order valence-electron chi connectivity index (χ2n) is 4.44. The van der Waals surface area contributed by atoms with Crippen molar-refractivity contribution in [1.29, 1.82) is 0 Å². The van der Waals surface area contributed by atoms with E-state index in [1.54, 1.807) is 26.0 Å². The molecule has 0 fully saturated rings. The van der Waals surface area contributed by atoms with Crippen LogP contribution < -0.4 is 14.2 Å². The Morgan fingerprint density at radius 2 is 2.21 bits per heavy atom. The SMILES string of the molecule is COc1cc(/C=C(/C(C)C)[N+](=O)[O-])cc2c1OCO2. The maximum absolute atomic E-state index is 11.0. The van der Waals surface area contributed by atoms with Gasteiger partial charge in [-0.15, -0.1) is 0 Å². The van der Waals surface area contributed by atoms with Gasteiger partial charge in [0, 0.05) is 12.0 Å². The third kappa shape index (κ3) is 2.62. The summed E-state index contributed by atoms with van der Waals surface area (Å²) in [5, 5.41) is 11.0. The van der Waals surface area contributed by atoms with E-state index in [0.717, 1.165) is 0 Å². The quantitative estimate of drug-likeness (QED) is 0.618. The van der Waals surface area contributed by atoms with Crippen molar-refractivity contribution in [2.45, 2.75) is 13.8 Å². The van der Waals surface area contributed by atoms with Gasteiger partial charge in [0.05, 0.1) is 12.0 Å². The lowest BCUT2D eigenvalue weighted by Gasteiger charge is -2.07. The number of fused-ring (bicyclic) bond motifs is 1. The molecular formula is C13H15NO5. The third-order valence-corrected chi connectivity index (χ3v) is 2.80. The fourth-order valence-electron chi connectivity index (χ4n) is 1.83. The van der Waals surface area contributed by atoms with Crippen molar-refractivity contribution in [3.05, 3.63) is 33.5 Å². The molecule has 0 aliphatic carbocycles. The molecule has 0 atom stereocenters. The Morgan fingerprint density at radius 1 is 1.47 bits per heavy atom. The molecule has 2 rings (SSSR count). The van der Waals surface area contributed by atoms with Gasteiger partial charge in [-0.1, -0.05) is 13.8 Å².